The molecule has 0 saturated heterocycles. The number of hydrogen-bond acceptors (Lipinski definition) is 4. The van der Waals surface area contributed by atoms with Gasteiger partial charge in [0, 0.05) is 5.56 Å². The predicted octanol–water partition coefficient (Wildman–Crippen LogP) is 4.68. The van der Waals surface area contributed by atoms with Gasteiger partial charge in [-0.05, 0) is 34.9 Å². The molecule has 5 heteroatoms. The topological polar surface area (TPSA) is 69.4 Å². The van der Waals surface area contributed by atoms with Gasteiger partial charge in [-0.1, -0.05) is 55.5 Å². The van der Waals surface area contributed by atoms with E-state index in [4.69, 9.17) is 4.74 Å². The number of carbonyl (C=O) groups is 1. The van der Waals surface area contributed by atoms with E-state index in [0.29, 0.717) is 16.7 Å². The normalized spacial score (nSPS) is 14.9. The largest absolute Gasteiger partial charge is 0.415 e. The van der Waals surface area contributed by atoms with Crippen molar-refractivity contribution in [2.24, 2.45) is 0 Å². The molecule has 1 aliphatic heterocycles. The summed E-state index contributed by atoms with van der Waals surface area (Å²) < 4.78 is 5.31. The molecule has 0 bridgehead atoms. The number of benzene rings is 3. The van der Waals surface area contributed by atoms with Gasteiger partial charge in [0.2, 0.25) is 5.76 Å². The number of cyclic esters (lactones) is 1. The van der Waals surface area contributed by atoms with E-state index in [1.165, 1.54) is 0 Å². The minimum atomic E-state index is -0.565. The van der Waals surface area contributed by atoms with Crippen LogP contribution in [0, 0.1) is 10.1 Å². The fourth-order valence-corrected chi connectivity index (χ4v) is 3.42. The Morgan fingerprint density at radius 1 is 0.962 bits per heavy atom. The van der Waals surface area contributed by atoms with E-state index in [-0.39, 0.29) is 11.5 Å². The number of fused-ring (bicyclic) bond motifs is 2. The summed E-state index contributed by atoms with van der Waals surface area (Å²) in [6.45, 7) is 2.04. The molecule has 0 radical (unpaired) electrons. The Morgan fingerprint density at radius 3 is 2.31 bits per heavy atom. The molecule has 0 N–H and O–H groups in total. The predicted molar refractivity (Wildman–Crippen MR) is 99.0 cm³/mol. The lowest BCUT2D eigenvalue weighted by Crippen LogP contribution is -2.04. The zero-order valence-electron chi connectivity index (χ0n) is 14.1. The highest BCUT2D eigenvalue weighted by molar-refractivity contribution is 6.09. The first-order valence-corrected chi connectivity index (χ1v) is 8.33. The van der Waals surface area contributed by atoms with Crippen LogP contribution < -0.4 is 0 Å². The zero-order chi connectivity index (χ0) is 18.3. The highest BCUT2D eigenvalue weighted by Gasteiger charge is 2.35. The molecule has 0 atom stereocenters. The molecule has 1 aliphatic rings. The summed E-state index contributed by atoms with van der Waals surface area (Å²) in [5.41, 5.74) is 2.16. The number of esters is 1. The molecule has 3 aromatic carbocycles. The number of carbonyl (C=O) groups excluding carboxylic acids is 1. The fourth-order valence-electron chi connectivity index (χ4n) is 3.42. The van der Waals surface area contributed by atoms with E-state index in [1.54, 1.807) is 30.3 Å². The lowest BCUT2D eigenvalue weighted by Gasteiger charge is -2.10. The molecule has 4 rings (SSSR count). The van der Waals surface area contributed by atoms with Crippen LogP contribution in [0.25, 0.3) is 22.2 Å². The molecule has 0 aromatic heterocycles. The Bertz CT molecular complexity index is 1100. The average Bonchev–Trinajstić information content (AvgIpc) is 2.99. The summed E-state index contributed by atoms with van der Waals surface area (Å²) in [4.78, 5) is 23.6. The minimum absolute atomic E-state index is 0.00463. The second-order valence-corrected chi connectivity index (χ2v) is 6.04. The first-order valence-electron chi connectivity index (χ1n) is 8.33. The highest BCUT2D eigenvalue weighted by atomic mass is 16.6. The minimum Gasteiger partial charge on any atom is -0.415 e. The van der Waals surface area contributed by atoms with Crippen molar-refractivity contribution in [1.82, 2.24) is 0 Å². The van der Waals surface area contributed by atoms with Gasteiger partial charge in [0.15, 0.2) is 0 Å². The van der Waals surface area contributed by atoms with Crippen molar-refractivity contribution >= 4 is 28.2 Å². The fraction of sp³-hybridized carbons (Fsp3) is 0.0952. The van der Waals surface area contributed by atoms with Crippen molar-refractivity contribution in [3.05, 3.63) is 93.0 Å². The number of nitro groups is 1. The van der Waals surface area contributed by atoms with E-state index < -0.39 is 10.9 Å². The van der Waals surface area contributed by atoms with Crippen LogP contribution in [0.4, 0.5) is 0 Å². The summed E-state index contributed by atoms with van der Waals surface area (Å²) in [5, 5.41) is 13.7. The van der Waals surface area contributed by atoms with Crippen molar-refractivity contribution < 1.29 is 14.5 Å². The van der Waals surface area contributed by atoms with Crippen molar-refractivity contribution in [2.75, 3.05) is 0 Å². The third-order valence-corrected chi connectivity index (χ3v) is 4.63. The summed E-state index contributed by atoms with van der Waals surface area (Å²) in [5.74, 6) is -0.561. The molecule has 5 nitrogen and oxygen atoms in total. The van der Waals surface area contributed by atoms with E-state index in [1.807, 2.05) is 37.3 Å². The maximum absolute atomic E-state index is 12.1. The molecule has 0 spiro atoms. The van der Waals surface area contributed by atoms with Crippen LogP contribution in [0.2, 0.25) is 0 Å². The summed E-state index contributed by atoms with van der Waals surface area (Å²) in [6, 6.07) is 17.9. The van der Waals surface area contributed by atoms with Crippen molar-refractivity contribution in [1.29, 1.82) is 0 Å². The van der Waals surface area contributed by atoms with E-state index in [0.717, 1.165) is 22.8 Å². The molecule has 0 aliphatic carbocycles. The number of nitrogens with zero attached hydrogens (tertiary/aromatic N) is 1. The third kappa shape index (κ3) is 2.37. The lowest BCUT2D eigenvalue weighted by atomic mass is 9.95. The Labute approximate surface area is 149 Å². The van der Waals surface area contributed by atoms with Gasteiger partial charge >= 0.3 is 11.7 Å². The van der Waals surface area contributed by atoms with E-state index >= 15 is 0 Å². The smallest absolute Gasteiger partial charge is 0.344 e. The maximum atomic E-state index is 12.1. The van der Waals surface area contributed by atoms with Crippen molar-refractivity contribution in [3.63, 3.8) is 0 Å². The SMILES string of the molecule is CCc1ccc(C(=C2OC(=O)c3ccccc32)[N+](=O)[O-])c2ccccc12. The number of rotatable bonds is 3. The standard InChI is InChI=1S/C21H15NO4/c1-2-13-11-12-16(15-8-4-3-7-14(13)15)19(22(24)25)20-17-9-5-6-10-18(17)21(23)26-20/h3-12H,2H2,1H3. The van der Waals surface area contributed by atoms with Crippen LogP contribution in [0.5, 0.6) is 0 Å². The molecule has 0 saturated carbocycles. The Hall–Kier alpha value is -3.47. The van der Waals surface area contributed by atoms with Gasteiger partial charge in [-0.25, -0.2) is 4.79 Å². The molecule has 0 fully saturated rings. The number of hydrogen-bond donors (Lipinski definition) is 0. The number of aryl methyl sites for hydroxylation is 1. The van der Waals surface area contributed by atoms with Gasteiger partial charge < -0.3 is 4.74 Å². The van der Waals surface area contributed by atoms with Gasteiger partial charge in [-0.15, -0.1) is 0 Å². The van der Waals surface area contributed by atoms with Gasteiger partial charge in [-0.3, -0.25) is 10.1 Å². The molecule has 0 amide bonds. The first kappa shape index (κ1) is 16.0. The van der Waals surface area contributed by atoms with Crippen LogP contribution in [-0.4, -0.2) is 10.9 Å². The molecule has 0 unspecified atom stereocenters. The quantitative estimate of drug-likeness (QED) is 0.393. The lowest BCUT2D eigenvalue weighted by molar-refractivity contribution is -0.375. The van der Waals surface area contributed by atoms with Crippen molar-refractivity contribution in [2.45, 2.75) is 13.3 Å². The average molecular weight is 345 g/mol. The summed E-state index contributed by atoms with van der Waals surface area (Å²) in [6.07, 6.45) is 0.822. The third-order valence-electron chi connectivity index (χ3n) is 4.63. The van der Waals surface area contributed by atoms with Crippen LogP contribution in [0.15, 0.2) is 60.7 Å². The molecule has 128 valence electrons. The van der Waals surface area contributed by atoms with Crippen molar-refractivity contribution in [3.8, 4) is 0 Å². The Kier molecular flexibility index (Phi) is 3.77. The van der Waals surface area contributed by atoms with Crippen LogP contribution >= 0.6 is 0 Å². The van der Waals surface area contributed by atoms with Gasteiger partial charge in [0.1, 0.15) is 0 Å². The van der Waals surface area contributed by atoms with Crippen LogP contribution in [0.3, 0.4) is 0 Å². The summed E-state index contributed by atoms with van der Waals surface area (Å²) in [7, 11) is 0. The van der Waals surface area contributed by atoms with E-state index in [9.17, 15) is 14.9 Å². The second kappa shape index (κ2) is 6.11. The highest BCUT2D eigenvalue weighted by Crippen LogP contribution is 2.38. The second-order valence-electron chi connectivity index (χ2n) is 6.04. The van der Waals surface area contributed by atoms with Gasteiger partial charge in [0.25, 0.3) is 0 Å². The van der Waals surface area contributed by atoms with Gasteiger partial charge in [-0.2, -0.15) is 0 Å². The Balaban J connectivity index is 2.06. The zero-order valence-corrected chi connectivity index (χ0v) is 14.1. The molecule has 26 heavy (non-hydrogen) atoms. The van der Waals surface area contributed by atoms with Gasteiger partial charge in [0.05, 0.1) is 16.1 Å². The monoisotopic (exact) mass is 345 g/mol. The maximum Gasteiger partial charge on any atom is 0.344 e. The van der Waals surface area contributed by atoms with E-state index in [2.05, 4.69) is 0 Å². The molecular weight excluding hydrogens is 330 g/mol. The van der Waals surface area contributed by atoms with Crippen LogP contribution in [0.1, 0.15) is 34.0 Å². The first-order chi connectivity index (χ1) is 12.6. The molecule has 1 heterocycles. The van der Waals surface area contributed by atoms with Crippen LogP contribution in [-0.2, 0) is 11.2 Å². The molecular formula is C21H15NO4. The summed E-state index contributed by atoms with van der Waals surface area (Å²) >= 11 is 0. The Morgan fingerprint density at radius 2 is 1.62 bits per heavy atom. The molecule has 3 aromatic rings. The number of ether oxygens (including phenoxy) is 1.